The molecule has 0 spiro atoms. The van der Waals surface area contributed by atoms with Gasteiger partial charge in [-0.05, 0) is 54.4 Å². The lowest BCUT2D eigenvalue weighted by Gasteiger charge is -2.27. The number of imide groups is 1. The lowest BCUT2D eigenvalue weighted by atomic mass is 10.1. The van der Waals surface area contributed by atoms with Gasteiger partial charge in [-0.15, -0.1) is 0 Å². The van der Waals surface area contributed by atoms with Gasteiger partial charge >= 0.3 is 11.9 Å². The normalized spacial score (nSPS) is 18.1. The highest BCUT2D eigenvalue weighted by molar-refractivity contribution is 6.12. The molecule has 0 N–H and O–H groups in total. The Balaban J connectivity index is 1.94. The Morgan fingerprint density at radius 1 is 0.692 bits per heavy atom. The fourth-order valence-corrected chi connectivity index (χ4v) is 4.35. The number of esters is 2. The molecule has 39 heavy (non-hydrogen) atoms. The van der Waals surface area contributed by atoms with Crippen LogP contribution >= 0.6 is 0 Å². The van der Waals surface area contributed by atoms with Crippen LogP contribution in [0.3, 0.4) is 0 Å². The van der Waals surface area contributed by atoms with Crippen molar-refractivity contribution >= 4 is 29.7 Å². The first-order chi connectivity index (χ1) is 18.1. The van der Waals surface area contributed by atoms with E-state index in [1.807, 2.05) is 51.3 Å². The van der Waals surface area contributed by atoms with Crippen molar-refractivity contribution in [2.45, 2.75) is 78.4 Å². The van der Waals surface area contributed by atoms with Gasteiger partial charge in [0, 0.05) is 64.4 Å². The van der Waals surface area contributed by atoms with Crippen molar-refractivity contribution in [3.8, 4) is 0 Å². The van der Waals surface area contributed by atoms with E-state index >= 15 is 0 Å². The summed E-state index contributed by atoms with van der Waals surface area (Å²) in [7, 11) is 0. The van der Waals surface area contributed by atoms with Crippen molar-refractivity contribution < 1.29 is 33.4 Å². The summed E-state index contributed by atoms with van der Waals surface area (Å²) in [6.45, 7) is 14.5. The van der Waals surface area contributed by atoms with Gasteiger partial charge in [-0.25, -0.2) is 0 Å². The molecule has 0 aromatic rings. The quantitative estimate of drug-likeness (QED) is 0.227. The molecule has 2 rings (SSSR count). The summed E-state index contributed by atoms with van der Waals surface area (Å²) < 4.78 is 11.0. The minimum absolute atomic E-state index is 0.00123. The molecule has 11 nitrogen and oxygen atoms in total. The van der Waals surface area contributed by atoms with E-state index < -0.39 is 11.2 Å². The Morgan fingerprint density at radius 3 is 1.56 bits per heavy atom. The molecular weight excluding hydrogens is 504 g/mol. The van der Waals surface area contributed by atoms with Gasteiger partial charge in [-0.2, -0.15) is 0 Å². The van der Waals surface area contributed by atoms with Crippen LogP contribution in [0.1, 0.15) is 67.2 Å². The summed E-state index contributed by atoms with van der Waals surface area (Å²) in [5.41, 5.74) is -1.18. The number of unbranched alkanes of at least 4 members (excludes halogenated alkanes) is 2. The van der Waals surface area contributed by atoms with Gasteiger partial charge in [0.25, 0.3) is 11.8 Å². The predicted octanol–water partition coefficient (Wildman–Crippen LogP) is 1.60. The summed E-state index contributed by atoms with van der Waals surface area (Å²) in [6.07, 6.45) is 4.88. The van der Waals surface area contributed by atoms with Crippen LogP contribution in [0.15, 0.2) is 12.2 Å². The minimum atomic E-state index is -0.590. The summed E-state index contributed by atoms with van der Waals surface area (Å²) in [5, 5.41) is 0. The van der Waals surface area contributed by atoms with E-state index in [0.29, 0.717) is 71.5 Å². The first-order valence-electron chi connectivity index (χ1n) is 13.8. The van der Waals surface area contributed by atoms with Crippen LogP contribution in [0.5, 0.6) is 0 Å². The molecule has 11 heteroatoms. The third-order valence-corrected chi connectivity index (χ3v) is 6.18. The Kier molecular flexibility index (Phi) is 12.1. The maximum atomic E-state index is 13.1. The molecule has 3 amide bonds. The van der Waals surface area contributed by atoms with Crippen molar-refractivity contribution in [3.05, 3.63) is 12.2 Å². The summed E-state index contributed by atoms with van der Waals surface area (Å²) in [6, 6.07) is 0. The monoisotopic (exact) mass is 550 g/mol. The molecule has 0 radical (unpaired) electrons. The van der Waals surface area contributed by atoms with E-state index in [0.717, 1.165) is 0 Å². The van der Waals surface area contributed by atoms with Crippen molar-refractivity contribution in [2.24, 2.45) is 0 Å². The largest absolute Gasteiger partial charge is 0.459 e. The second-order valence-corrected chi connectivity index (χ2v) is 12.1. The molecule has 220 valence electrons. The van der Waals surface area contributed by atoms with Crippen molar-refractivity contribution in [1.82, 2.24) is 19.6 Å². The SMILES string of the molecule is CC(C)(C)OC(=O)CN1CCN(CC(=O)OC(C)(C)C)CCN(C(=O)CCCCCN2C(=O)C=CC2=O)CC1. The Bertz CT molecular complexity index is 860. The average molecular weight is 551 g/mol. The Labute approximate surface area is 232 Å². The van der Waals surface area contributed by atoms with Crippen LogP contribution < -0.4 is 0 Å². The van der Waals surface area contributed by atoms with E-state index in [9.17, 15) is 24.0 Å². The molecule has 0 unspecified atom stereocenters. The summed E-state index contributed by atoms with van der Waals surface area (Å²) in [5.74, 6) is -1.24. The van der Waals surface area contributed by atoms with E-state index in [2.05, 4.69) is 0 Å². The molecule has 0 bridgehead atoms. The van der Waals surface area contributed by atoms with Crippen LogP contribution in [0.2, 0.25) is 0 Å². The Hall–Kier alpha value is -2.79. The first-order valence-corrected chi connectivity index (χ1v) is 13.8. The fourth-order valence-electron chi connectivity index (χ4n) is 4.35. The molecule has 2 heterocycles. The molecule has 0 aromatic heterocycles. The lowest BCUT2D eigenvalue weighted by molar-refractivity contribution is -0.158. The van der Waals surface area contributed by atoms with E-state index in [-0.39, 0.29) is 42.7 Å². The third kappa shape index (κ3) is 12.7. The number of rotatable bonds is 10. The van der Waals surface area contributed by atoms with Crippen molar-refractivity contribution in [3.63, 3.8) is 0 Å². The summed E-state index contributed by atoms with van der Waals surface area (Å²) in [4.78, 5) is 68.4. The second kappa shape index (κ2) is 14.6. The highest BCUT2D eigenvalue weighted by atomic mass is 16.6. The van der Waals surface area contributed by atoms with Crippen LogP contribution in [0.25, 0.3) is 0 Å². The van der Waals surface area contributed by atoms with Crippen LogP contribution in [-0.4, -0.2) is 119 Å². The van der Waals surface area contributed by atoms with Crippen molar-refractivity contribution in [2.75, 3.05) is 58.9 Å². The van der Waals surface area contributed by atoms with Crippen LogP contribution in [-0.2, 0) is 33.4 Å². The van der Waals surface area contributed by atoms with E-state index in [1.165, 1.54) is 17.1 Å². The smallest absolute Gasteiger partial charge is 0.320 e. The van der Waals surface area contributed by atoms with Gasteiger partial charge in [0.15, 0.2) is 0 Å². The second-order valence-electron chi connectivity index (χ2n) is 12.1. The van der Waals surface area contributed by atoms with Crippen molar-refractivity contribution in [1.29, 1.82) is 0 Å². The van der Waals surface area contributed by atoms with Gasteiger partial charge < -0.3 is 14.4 Å². The van der Waals surface area contributed by atoms with Gasteiger partial charge in [-0.3, -0.25) is 38.7 Å². The molecule has 2 aliphatic rings. The number of nitrogens with zero attached hydrogens (tertiary/aromatic N) is 4. The molecule has 1 fully saturated rings. The van der Waals surface area contributed by atoms with Crippen LogP contribution in [0, 0.1) is 0 Å². The number of carbonyl (C=O) groups is 5. The number of hydrogen-bond acceptors (Lipinski definition) is 9. The predicted molar refractivity (Wildman–Crippen MR) is 145 cm³/mol. The van der Waals surface area contributed by atoms with Gasteiger partial charge in [0.05, 0.1) is 13.1 Å². The number of amides is 3. The highest BCUT2D eigenvalue weighted by Crippen LogP contribution is 2.12. The average Bonchev–Trinajstić information content (AvgIpc) is 3.14. The summed E-state index contributed by atoms with van der Waals surface area (Å²) >= 11 is 0. The number of hydrogen-bond donors (Lipinski definition) is 0. The third-order valence-electron chi connectivity index (χ3n) is 6.18. The van der Waals surface area contributed by atoms with Gasteiger partial charge in [0.1, 0.15) is 11.2 Å². The van der Waals surface area contributed by atoms with Gasteiger partial charge in [-0.1, -0.05) is 6.42 Å². The standard InChI is InChI=1S/C28H46N4O7/c1-27(2,3)38-25(36)20-29-14-15-30(21-26(37)39-28(4,5)6)17-19-31(18-16-29)22(33)10-8-7-9-13-32-23(34)11-12-24(32)35/h11-12H,7-10,13-21H2,1-6H3. The van der Waals surface area contributed by atoms with Crippen LogP contribution in [0.4, 0.5) is 0 Å². The molecular formula is C28H46N4O7. The number of ether oxygens (including phenoxy) is 2. The van der Waals surface area contributed by atoms with E-state index in [4.69, 9.17) is 9.47 Å². The first kappa shape index (κ1) is 32.4. The highest BCUT2D eigenvalue weighted by Gasteiger charge is 2.26. The molecule has 0 saturated carbocycles. The van der Waals surface area contributed by atoms with Gasteiger partial charge in [0.2, 0.25) is 5.91 Å². The molecule has 2 aliphatic heterocycles. The maximum absolute atomic E-state index is 13.1. The zero-order valence-corrected chi connectivity index (χ0v) is 24.5. The molecule has 0 aliphatic carbocycles. The molecule has 1 saturated heterocycles. The molecule has 0 aromatic carbocycles. The maximum Gasteiger partial charge on any atom is 0.320 e. The zero-order valence-electron chi connectivity index (χ0n) is 24.5. The minimum Gasteiger partial charge on any atom is -0.459 e. The zero-order chi connectivity index (χ0) is 29.2. The lowest BCUT2D eigenvalue weighted by Crippen LogP contribution is -2.42. The number of carbonyl (C=O) groups excluding carboxylic acids is 5. The fraction of sp³-hybridized carbons (Fsp3) is 0.750. The molecule has 0 atom stereocenters. The van der Waals surface area contributed by atoms with E-state index in [1.54, 1.807) is 4.90 Å². The Morgan fingerprint density at radius 2 is 1.13 bits per heavy atom. The topological polar surface area (TPSA) is 117 Å².